The van der Waals surface area contributed by atoms with Gasteiger partial charge in [0.15, 0.2) is 11.0 Å². The van der Waals surface area contributed by atoms with Crippen molar-refractivity contribution < 1.29 is 4.21 Å². The predicted octanol–water partition coefficient (Wildman–Crippen LogP) is 3.67. The molecule has 0 unspecified atom stereocenters. The lowest BCUT2D eigenvalue weighted by Crippen LogP contribution is -1.95. The molecule has 0 saturated heterocycles. The molecule has 0 aliphatic rings. The first-order chi connectivity index (χ1) is 7.63. The van der Waals surface area contributed by atoms with Gasteiger partial charge in [-0.2, -0.15) is 4.40 Å². The third-order valence-electron chi connectivity index (χ3n) is 2.35. The molecular formula is C13H19NOS. The fraction of sp³-hybridized carbons (Fsp3) is 0.462. The van der Waals surface area contributed by atoms with Crippen LogP contribution in [0.4, 0.5) is 0 Å². The standard InChI is InChI=1S/C13H19NOS/c1-4-5-6-12(3)14-16(15)13-9-7-11(2)8-10-13/h7-10H,4-6H2,1-3H3/b14-12+/t16-/m0/s1. The number of nitrogens with zero attached hydrogens (tertiary/aromatic N) is 1. The molecule has 0 heterocycles. The van der Waals surface area contributed by atoms with Gasteiger partial charge in [-0.1, -0.05) is 31.0 Å². The third kappa shape index (κ3) is 4.27. The summed E-state index contributed by atoms with van der Waals surface area (Å²) in [5.74, 6) is 0. The van der Waals surface area contributed by atoms with Gasteiger partial charge in [-0.15, -0.1) is 0 Å². The molecule has 1 aromatic rings. The maximum Gasteiger partial charge on any atom is 0.172 e. The summed E-state index contributed by atoms with van der Waals surface area (Å²) in [6, 6.07) is 7.68. The molecule has 1 aromatic carbocycles. The van der Waals surface area contributed by atoms with Gasteiger partial charge < -0.3 is 0 Å². The highest BCUT2D eigenvalue weighted by Crippen LogP contribution is 2.10. The average molecular weight is 237 g/mol. The molecule has 0 radical (unpaired) electrons. The molecular weight excluding hydrogens is 218 g/mol. The summed E-state index contributed by atoms with van der Waals surface area (Å²) in [6.45, 7) is 6.11. The molecule has 1 rings (SSSR count). The number of hydrogen-bond acceptors (Lipinski definition) is 1. The van der Waals surface area contributed by atoms with Crippen LogP contribution < -0.4 is 0 Å². The maximum absolute atomic E-state index is 11.9. The minimum atomic E-state index is -1.24. The summed E-state index contributed by atoms with van der Waals surface area (Å²) in [5.41, 5.74) is 2.15. The molecule has 3 heteroatoms. The van der Waals surface area contributed by atoms with Crippen molar-refractivity contribution in [1.29, 1.82) is 0 Å². The van der Waals surface area contributed by atoms with Crippen molar-refractivity contribution in [2.45, 2.75) is 44.9 Å². The Hall–Kier alpha value is -0.960. The van der Waals surface area contributed by atoms with E-state index in [0.29, 0.717) is 0 Å². The number of rotatable bonds is 5. The van der Waals surface area contributed by atoms with Crippen LogP contribution in [-0.4, -0.2) is 9.92 Å². The van der Waals surface area contributed by atoms with Crippen LogP contribution >= 0.6 is 0 Å². The molecule has 88 valence electrons. The minimum Gasteiger partial charge on any atom is -0.229 e. The monoisotopic (exact) mass is 237 g/mol. The molecule has 0 aliphatic carbocycles. The van der Waals surface area contributed by atoms with E-state index in [9.17, 15) is 4.21 Å². The topological polar surface area (TPSA) is 29.4 Å². The first-order valence-corrected chi connectivity index (χ1v) is 6.77. The van der Waals surface area contributed by atoms with Crippen molar-refractivity contribution in [2.24, 2.45) is 4.40 Å². The molecule has 0 N–H and O–H groups in total. The molecule has 0 saturated carbocycles. The quantitative estimate of drug-likeness (QED) is 0.718. The van der Waals surface area contributed by atoms with Crippen molar-refractivity contribution in [3.05, 3.63) is 29.8 Å². The Morgan fingerprint density at radius 3 is 2.50 bits per heavy atom. The number of unbranched alkanes of at least 4 members (excludes halogenated alkanes) is 1. The Morgan fingerprint density at radius 2 is 1.94 bits per heavy atom. The van der Waals surface area contributed by atoms with Crippen molar-refractivity contribution in [3.8, 4) is 0 Å². The summed E-state index contributed by atoms with van der Waals surface area (Å²) in [5, 5.41) is 0. The lowest BCUT2D eigenvalue weighted by Gasteiger charge is -2.00. The predicted molar refractivity (Wildman–Crippen MR) is 70.2 cm³/mol. The van der Waals surface area contributed by atoms with Crippen LogP contribution in [0.1, 0.15) is 38.7 Å². The summed E-state index contributed by atoms with van der Waals surface area (Å²) < 4.78 is 16.1. The van der Waals surface area contributed by atoms with Gasteiger partial charge in [-0.3, -0.25) is 0 Å². The van der Waals surface area contributed by atoms with Crippen LogP contribution in [0.25, 0.3) is 0 Å². The van der Waals surface area contributed by atoms with E-state index >= 15 is 0 Å². The highest BCUT2D eigenvalue weighted by Gasteiger charge is 2.01. The normalized spacial score (nSPS) is 13.8. The number of aryl methyl sites for hydroxylation is 1. The zero-order valence-corrected chi connectivity index (χ0v) is 11.0. The van der Waals surface area contributed by atoms with E-state index in [0.717, 1.165) is 29.9 Å². The zero-order chi connectivity index (χ0) is 12.0. The van der Waals surface area contributed by atoms with Crippen LogP contribution in [0.2, 0.25) is 0 Å². The van der Waals surface area contributed by atoms with Gasteiger partial charge in [-0.25, -0.2) is 4.21 Å². The van der Waals surface area contributed by atoms with Crippen LogP contribution in [0, 0.1) is 6.92 Å². The Kier molecular flexibility index (Phi) is 5.39. The van der Waals surface area contributed by atoms with Gasteiger partial charge in [0.1, 0.15) is 0 Å². The van der Waals surface area contributed by atoms with Crippen molar-refractivity contribution in [2.75, 3.05) is 0 Å². The van der Waals surface area contributed by atoms with E-state index in [1.165, 1.54) is 5.56 Å². The van der Waals surface area contributed by atoms with Gasteiger partial charge in [-0.05, 0) is 38.8 Å². The van der Waals surface area contributed by atoms with Gasteiger partial charge in [0.05, 0.1) is 4.90 Å². The zero-order valence-electron chi connectivity index (χ0n) is 10.2. The first-order valence-electron chi connectivity index (χ1n) is 5.66. The highest BCUT2D eigenvalue weighted by molar-refractivity contribution is 7.83. The van der Waals surface area contributed by atoms with E-state index in [2.05, 4.69) is 11.3 Å². The fourth-order valence-corrected chi connectivity index (χ4v) is 2.18. The second-order valence-corrected chi connectivity index (χ2v) is 5.14. The largest absolute Gasteiger partial charge is 0.229 e. The van der Waals surface area contributed by atoms with Crippen LogP contribution in [0.15, 0.2) is 33.6 Å². The van der Waals surface area contributed by atoms with Crippen molar-refractivity contribution in [1.82, 2.24) is 0 Å². The lowest BCUT2D eigenvalue weighted by molar-refractivity contribution is 0.684. The second-order valence-electron chi connectivity index (χ2n) is 3.99. The molecule has 0 bridgehead atoms. The molecule has 2 nitrogen and oxygen atoms in total. The van der Waals surface area contributed by atoms with Gasteiger partial charge in [0.25, 0.3) is 0 Å². The number of benzene rings is 1. The third-order valence-corrected chi connectivity index (χ3v) is 3.51. The van der Waals surface area contributed by atoms with E-state index in [-0.39, 0.29) is 0 Å². The Balaban J connectivity index is 2.67. The van der Waals surface area contributed by atoms with Crippen LogP contribution in [0.3, 0.4) is 0 Å². The highest BCUT2D eigenvalue weighted by atomic mass is 32.2. The smallest absolute Gasteiger partial charge is 0.172 e. The molecule has 1 atom stereocenters. The van der Waals surface area contributed by atoms with E-state index in [1.807, 2.05) is 38.1 Å². The summed E-state index contributed by atoms with van der Waals surface area (Å²) in [7, 11) is -1.24. The maximum atomic E-state index is 11.9. The Morgan fingerprint density at radius 1 is 1.31 bits per heavy atom. The fourth-order valence-electron chi connectivity index (χ4n) is 1.33. The summed E-state index contributed by atoms with van der Waals surface area (Å²) in [4.78, 5) is 0.779. The van der Waals surface area contributed by atoms with E-state index < -0.39 is 11.0 Å². The van der Waals surface area contributed by atoms with Gasteiger partial charge in [0.2, 0.25) is 0 Å². The van der Waals surface area contributed by atoms with Gasteiger partial charge in [0, 0.05) is 5.71 Å². The molecule has 0 spiro atoms. The van der Waals surface area contributed by atoms with E-state index in [4.69, 9.17) is 0 Å². The van der Waals surface area contributed by atoms with Crippen LogP contribution in [0.5, 0.6) is 0 Å². The van der Waals surface area contributed by atoms with Crippen LogP contribution in [-0.2, 0) is 11.0 Å². The molecule has 0 aliphatic heterocycles. The summed E-state index contributed by atoms with van der Waals surface area (Å²) in [6.07, 6.45) is 3.19. The van der Waals surface area contributed by atoms with Crippen molar-refractivity contribution in [3.63, 3.8) is 0 Å². The lowest BCUT2D eigenvalue weighted by atomic mass is 10.2. The van der Waals surface area contributed by atoms with Crippen molar-refractivity contribution >= 4 is 16.7 Å². The van der Waals surface area contributed by atoms with Gasteiger partial charge >= 0.3 is 0 Å². The molecule has 0 fully saturated rings. The Bertz CT molecular complexity index is 381. The average Bonchev–Trinajstić information content (AvgIpc) is 2.27. The minimum absolute atomic E-state index is 0.779. The molecule has 0 aromatic heterocycles. The summed E-state index contributed by atoms with van der Waals surface area (Å²) >= 11 is 0. The SMILES string of the molecule is CCCC/C(C)=N/[S@@](=O)c1ccc(C)cc1. The Labute approximate surface area is 100 Å². The molecule has 0 amide bonds. The van der Waals surface area contributed by atoms with E-state index in [1.54, 1.807) is 0 Å². The first kappa shape index (κ1) is 13.1. The second kappa shape index (κ2) is 6.59. The number of hydrogen-bond donors (Lipinski definition) is 0. The molecule has 16 heavy (non-hydrogen) atoms.